The van der Waals surface area contributed by atoms with Crippen LogP contribution in [-0.2, 0) is 19.3 Å². The summed E-state index contributed by atoms with van der Waals surface area (Å²) in [7, 11) is 0. The second-order valence-corrected chi connectivity index (χ2v) is 4.72. The highest BCUT2D eigenvalue weighted by molar-refractivity contribution is 5.31. The van der Waals surface area contributed by atoms with Gasteiger partial charge in [-0.3, -0.25) is 4.98 Å². The second-order valence-electron chi connectivity index (χ2n) is 4.72. The number of hydrogen-bond donors (Lipinski definition) is 0. The summed E-state index contributed by atoms with van der Waals surface area (Å²) in [5.74, 6) is 0. The molecule has 0 aliphatic heterocycles. The largest absolute Gasteiger partial charge is 0.261 e. The van der Waals surface area contributed by atoms with Gasteiger partial charge >= 0.3 is 0 Å². The third kappa shape index (κ3) is 3.93. The number of rotatable bonds is 5. The van der Waals surface area contributed by atoms with E-state index in [1.54, 1.807) is 0 Å². The summed E-state index contributed by atoms with van der Waals surface area (Å²) in [5.41, 5.74) is 4.40. The number of benzene rings is 1. The molecule has 2 aromatic rings. The molecule has 0 amide bonds. The molecule has 2 nitrogen and oxygen atoms in total. The minimum Gasteiger partial charge on any atom is -0.261 e. The molecule has 0 atom stereocenters. The maximum absolute atomic E-state index is 8.75. The fraction of sp³-hybridized carbons (Fsp3) is 0.294. The molecule has 0 fully saturated rings. The van der Waals surface area contributed by atoms with Crippen LogP contribution in [0.5, 0.6) is 0 Å². The van der Waals surface area contributed by atoms with Crippen molar-refractivity contribution in [2.45, 2.75) is 32.6 Å². The van der Waals surface area contributed by atoms with Gasteiger partial charge in [-0.25, -0.2) is 0 Å². The number of aromatic nitrogens is 1. The molecule has 0 aliphatic carbocycles. The molecule has 0 unspecified atom stereocenters. The SMILES string of the molecule is CCCc1ccc(CCc2ccc(C#N)cc2)nc1. The zero-order chi connectivity index (χ0) is 13.5. The Morgan fingerprint density at radius 3 is 2.26 bits per heavy atom. The Bertz CT molecular complexity index is 547. The van der Waals surface area contributed by atoms with E-state index >= 15 is 0 Å². The van der Waals surface area contributed by atoms with Gasteiger partial charge in [-0.1, -0.05) is 31.5 Å². The minimum absolute atomic E-state index is 0.714. The number of aryl methyl sites for hydroxylation is 3. The third-order valence-corrected chi connectivity index (χ3v) is 3.18. The van der Waals surface area contributed by atoms with Crippen LogP contribution >= 0.6 is 0 Å². The Labute approximate surface area is 114 Å². The molecular formula is C17H18N2. The van der Waals surface area contributed by atoms with Gasteiger partial charge in [-0.05, 0) is 48.6 Å². The lowest BCUT2D eigenvalue weighted by Gasteiger charge is -2.03. The molecule has 1 aromatic heterocycles. The predicted octanol–water partition coefficient (Wildman–Crippen LogP) is 3.69. The lowest BCUT2D eigenvalue weighted by molar-refractivity contribution is 0.882. The van der Waals surface area contributed by atoms with Gasteiger partial charge in [0.25, 0.3) is 0 Å². The van der Waals surface area contributed by atoms with Crippen LogP contribution in [0, 0.1) is 11.3 Å². The van der Waals surface area contributed by atoms with E-state index in [0.717, 1.165) is 31.4 Å². The van der Waals surface area contributed by atoms with Crippen molar-refractivity contribution in [1.29, 1.82) is 5.26 Å². The molecule has 2 heteroatoms. The molecule has 2 rings (SSSR count). The van der Waals surface area contributed by atoms with Crippen LogP contribution in [0.4, 0.5) is 0 Å². The quantitative estimate of drug-likeness (QED) is 0.811. The standard InChI is InChI=1S/C17H18N2/c1-2-3-16-9-11-17(19-13-16)10-8-14-4-6-15(12-18)7-5-14/h4-7,9,11,13H,2-3,8,10H2,1H3. The highest BCUT2D eigenvalue weighted by Crippen LogP contribution is 2.09. The first-order valence-electron chi connectivity index (χ1n) is 6.74. The predicted molar refractivity (Wildman–Crippen MR) is 76.8 cm³/mol. The van der Waals surface area contributed by atoms with E-state index in [0.29, 0.717) is 5.56 Å². The van der Waals surface area contributed by atoms with Gasteiger partial charge in [0.05, 0.1) is 11.6 Å². The first kappa shape index (κ1) is 13.3. The van der Waals surface area contributed by atoms with Crippen molar-refractivity contribution in [3.8, 4) is 6.07 Å². The smallest absolute Gasteiger partial charge is 0.0991 e. The minimum atomic E-state index is 0.714. The number of nitriles is 1. The van der Waals surface area contributed by atoms with E-state index in [4.69, 9.17) is 5.26 Å². The van der Waals surface area contributed by atoms with Crippen molar-refractivity contribution in [3.05, 3.63) is 65.0 Å². The first-order valence-corrected chi connectivity index (χ1v) is 6.74. The lowest BCUT2D eigenvalue weighted by Crippen LogP contribution is -1.95. The molecule has 0 bridgehead atoms. The maximum atomic E-state index is 8.75. The van der Waals surface area contributed by atoms with Crippen molar-refractivity contribution in [2.75, 3.05) is 0 Å². The topological polar surface area (TPSA) is 36.7 Å². The van der Waals surface area contributed by atoms with E-state index in [1.807, 2.05) is 30.5 Å². The first-order chi connectivity index (χ1) is 9.31. The lowest BCUT2D eigenvalue weighted by atomic mass is 10.1. The monoisotopic (exact) mass is 250 g/mol. The molecule has 0 spiro atoms. The molecule has 0 radical (unpaired) electrons. The highest BCUT2D eigenvalue weighted by Gasteiger charge is 1.99. The summed E-state index contributed by atoms with van der Waals surface area (Å²) in [5, 5.41) is 8.75. The van der Waals surface area contributed by atoms with Crippen LogP contribution in [0.1, 0.15) is 35.7 Å². The molecule has 1 heterocycles. The number of pyridine rings is 1. The van der Waals surface area contributed by atoms with Crippen LogP contribution in [0.25, 0.3) is 0 Å². The van der Waals surface area contributed by atoms with Crippen LogP contribution in [0.3, 0.4) is 0 Å². The molecule has 0 aliphatic rings. The van der Waals surface area contributed by atoms with Gasteiger partial charge in [-0.2, -0.15) is 5.26 Å². The Balaban J connectivity index is 1.92. The number of nitrogens with zero attached hydrogens (tertiary/aromatic N) is 2. The zero-order valence-corrected chi connectivity index (χ0v) is 11.3. The second kappa shape index (κ2) is 6.70. The summed E-state index contributed by atoms with van der Waals surface area (Å²) in [6, 6.07) is 14.2. The molecule has 0 N–H and O–H groups in total. The van der Waals surface area contributed by atoms with E-state index < -0.39 is 0 Å². The van der Waals surface area contributed by atoms with Crippen molar-refractivity contribution < 1.29 is 0 Å². The van der Waals surface area contributed by atoms with Gasteiger partial charge in [0, 0.05) is 11.9 Å². The van der Waals surface area contributed by atoms with Crippen LogP contribution in [0.15, 0.2) is 42.6 Å². The fourth-order valence-electron chi connectivity index (χ4n) is 2.06. The van der Waals surface area contributed by atoms with Crippen molar-refractivity contribution in [1.82, 2.24) is 4.98 Å². The van der Waals surface area contributed by atoms with E-state index in [1.165, 1.54) is 11.1 Å². The van der Waals surface area contributed by atoms with Gasteiger partial charge in [-0.15, -0.1) is 0 Å². The summed E-state index contributed by atoms with van der Waals surface area (Å²) < 4.78 is 0. The third-order valence-electron chi connectivity index (χ3n) is 3.18. The molecular weight excluding hydrogens is 232 g/mol. The number of hydrogen-bond acceptors (Lipinski definition) is 2. The normalized spacial score (nSPS) is 10.1. The average Bonchev–Trinajstić information content (AvgIpc) is 2.47. The van der Waals surface area contributed by atoms with Crippen molar-refractivity contribution >= 4 is 0 Å². The summed E-state index contributed by atoms with van der Waals surface area (Å²) in [4.78, 5) is 4.49. The Morgan fingerprint density at radius 1 is 0.947 bits per heavy atom. The molecule has 0 saturated heterocycles. The highest BCUT2D eigenvalue weighted by atomic mass is 14.7. The average molecular weight is 250 g/mol. The maximum Gasteiger partial charge on any atom is 0.0991 e. The van der Waals surface area contributed by atoms with E-state index in [2.05, 4.69) is 30.1 Å². The van der Waals surface area contributed by atoms with Gasteiger partial charge in [0.2, 0.25) is 0 Å². The van der Waals surface area contributed by atoms with Crippen molar-refractivity contribution in [2.24, 2.45) is 0 Å². The molecule has 19 heavy (non-hydrogen) atoms. The van der Waals surface area contributed by atoms with Crippen molar-refractivity contribution in [3.63, 3.8) is 0 Å². The van der Waals surface area contributed by atoms with Crippen LogP contribution < -0.4 is 0 Å². The van der Waals surface area contributed by atoms with Gasteiger partial charge in [0.15, 0.2) is 0 Å². The molecule has 1 aromatic carbocycles. The van der Waals surface area contributed by atoms with E-state index in [-0.39, 0.29) is 0 Å². The zero-order valence-electron chi connectivity index (χ0n) is 11.3. The van der Waals surface area contributed by atoms with E-state index in [9.17, 15) is 0 Å². The van der Waals surface area contributed by atoms with Gasteiger partial charge < -0.3 is 0 Å². The molecule has 0 saturated carbocycles. The summed E-state index contributed by atoms with van der Waals surface area (Å²) in [6.07, 6.45) is 6.15. The summed E-state index contributed by atoms with van der Waals surface area (Å²) in [6.45, 7) is 2.18. The fourth-order valence-corrected chi connectivity index (χ4v) is 2.06. The Hall–Kier alpha value is -2.14. The van der Waals surface area contributed by atoms with Crippen LogP contribution in [0.2, 0.25) is 0 Å². The molecule has 96 valence electrons. The Kier molecular flexibility index (Phi) is 4.69. The Morgan fingerprint density at radius 2 is 1.68 bits per heavy atom. The summed E-state index contributed by atoms with van der Waals surface area (Å²) >= 11 is 0. The van der Waals surface area contributed by atoms with Crippen LogP contribution in [-0.4, -0.2) is 4.98 Å². The van der Waals surface area contributed by atoms with Gasteiger partial charge in [0.1, 0.15) is 0 Å².